The van der Waals surface area contributed by atoms with Gasteiger partial charge in [-0.3, -0.25) is 0 Å². The summed E-state index contributed by atoms with van der Waals surface area (Å²) in [6.45, 7) is 9.77. The summed E-state index contributed by atoms with van der Waals surface area (Å²) in [5.41, 5.74) is 1.90. The lowest BCUT2D eigenvalue weighted by atomic mass is 9.93. The van der Waals surface area contributed by atoms with E-state index in [1.165, 1.54) is 25.7 Å². The van der Waals surface area contributed by atoms with Gasteiger partial charge in [0.25, 0.3) is 0 Å². The highest BCUT2D eigenvalue weighted by atomic mass is 16.5. The summed E-state index contributed by atoms with van der Waals surface area (Å²) < 4.78 is 12.2. The molecule has 0 saturated heterocycles. The van der Waals surface area contributed by atoms with E-state index in [1.807, 2.05) is 0 Å². The molecule has 0 bridgehead atoms. The Labute approximate surface area is 185 Å². The summed E-state index contributed by atoms with van der Waals surface area (Å²) in [5.74, 6) is 0.837. The fourth-order valence-corrected chi connectivity index (χ4v) is 3.69. The first-order valence-electron chi connectivity index (χ1n) is 12.5. The van der Waals surface area contributed by atoms with Crippen LogP contribution in [0, 0.1) is 0 Å². The first-order valence-corrected chi connectivity index (χ1v) is 12.5. The predicted octanol–water partition coefficient (Wildman–Crippen LogP) is 7.70. The van der Waals surface area contributed by atoms with Gasteiger partial charge < -0.3 is 19.7 Å². The zero-order chi connectivity index (χ0) is 22.2. The van der Waals surface area contributed by atoms with E-state index in [1.54, 1.807) is 0 Å². The summed E-state index contributed by atoms with van der Waals surface area (Å²) in [6.07, 6.45) is 14.7. The molecule has 0 aliphatic rings. The second kappa shape index (κ2) is 16.2. The maximum Gasteiger partial charge on any atom is 0.207 e. The quantitative estimate of drug-likeness (QED) is 0.188. The number of phenols is 2. The molecule has 0 aromatic heterocycles. The smallest absolute Gasteiger partial charge is 0.207 e. The van der Waals surface area contributed by atoms with Crippen LogP contribution in [0.25, 0.3) is 0 Å². The second-order valence-electron chi connectivity index (χ2n) is 8.34. The van der Waals surface area contributed by atoms with E-state index in [2.05, 4.69) is 27.7 Å². The lowest BCUT2D eigenvalue weighted by molar-refractivity contribution is 0.245. The molecule has 0 fully saturated rings. The molecule has 1 aromatic rings. The predicted molar refractivity (Wildman–Crippen MR) is 126 cm³/mol. The maximum absolute atomic E-state index is 10.9. The number of unbranched alkanes of at least 4 members (excludes halogenated alkanes) is 8. The molecule has 0 saturated carbocycles. The van der Waals surface area contributed by atoms with Gasteiger partial charge in [-0.1, -0.05) is 79.1 Å². The van der Waals surface area contributed by atoms with Crippen LogP contribution >= 0.6 is 0 Å². The Morgan fingerprint density at radius 2 is 0.967 bits per heavy atom. The number of rotatable bonds is 18. The molecule has 0 amide bonds. The molecule has 2 N–H and O–H groups in total. The molecular weight excluding hydrogens is 376 g/mol. The standard InChI is InChI=1S/C26H46O4/c1-5-9-13-15-17-21-22(18-16-14-10-6-2)25(29-19-11-7-3)26(24(28)23(21)27)30-20-12-8-4/h27-28H,5-20H2,1-4H3. The van der Waals surface area contributed by atoms with E-state index >= 15 is 0 Å². The van der Waals surface area contributed by atoms with Crippen LogP contribution in [0.2, 0.25) is 0 Å². The summed E-state index contributed by atoms with van der Waals surface area (Å²) in [4.78, 5) is 0. The van der Waals surface area contributed by atoms with Crippen LogP contribution in [-0.2, 0) is 12.8 Å². The second-order valence-corrected chi connectivity index (χ2v) is 8.34. The average molecular weight is 423 g/mol. The molecule has 0 aliphatic heterocycles. The summed E-state index contributed by atoms with van der Waals surface area (Å²) in [7, 11) is 0. The van der Waals surface area contributed by atoms with E-state index in [9.17, 15) is 10.2 Å². The van der Waals surface area contributed by atoms with Crippen molar-refractivity contribution < 1.29 is 19.7 Å². The van der Waals surface area contributed by atoms with Gasteiger partial charge in [0.05, 0.1) is 13.2 Å². The van der Waals surface area contributed by atoms with Gasteiger partial charge in [0.1, 0.15) is 0 Å². The Morgan fingerprint density at radius 1 is 0.500 bits per heavy atom. The topological polar surface area (TPSA) is 58.9 Å². The van der Waals surface area contributed by atoms with Gasteiger partial charge in [0.2, 0.25) is 11.5 Å². The van der Waals surface area contributed by atoms with Crippen LogP contribution in [0.1, 0.15) is 116 Å². The summed E-state index contributed by atoms with van der Waals surface area (Å²) in [5, 5.41) is 21.7. The molecule has 0 radical (unpaired) electrons. The number of hydrogen-bond acceptors (Lipinski definition) is 4. The van der Waals surface area contributed by atoms with E-state index in [-0.39, 0.29) is 11.5 Å². The van der Waals surface area contributed by atoms with Crippen LogP contribution in [0.3, 0.4) is 0 Å². The van der Waals surface area contributed by atoms with Crippen molar-refractivity contribution in [3.8, 4) is 23.0 Å². The maximum atomic E-state index is 10.9. The number of benzene rings is 1. The van der Waals surface area contributed by atoms with E-state index in [4.69, 9.17) is 9.47 Å². The van der Waals surface area contributed by atoms with Crippen molar-refractivity contribution in [2.75, 3.05) is 13.2 Å². The van der Waals surface area contributed by atoms with Crippen LogP contribution in [0.15, 0.2) is 0 Å². The van der Waals surface area contributed by atoms with Crippen LogP contribution in [0.5, 0.6) is 23.0 Å². The third-order valence-corrected chi connectivity index (χ3v) is 5.62. The Hall–Kier alpha value is -1.58. The Morgan fingerprint density at radius 3 is 1.47 bits per heavy atom. The van der Waals surface area contributed by atoms with Gasteiger partial charge in [0.15, 0.2) is 11.5 Å². The van der Waals surface area contributed by atoms with Gasteiger partial charge >= 0.3 is 0 Å². The molecule has 0 heterocycles. The summed E-state index contributed by atoms with van der Waals surface area (Å²) in [6, 6.07) is 0. The first-order chi connectivity index (χ1) is 14.6. The number of phenolic OH excluding ortho intramolecular Hbond substituents is 2. The molecular formula is C26H46O4. The monoisotopic (exact) mass is 422 g/mol. The molecule has 4 heteroatoms. The molecule has 30 heavy (non-hydrogen) atoms. The molecule has 1 rings (SSSR count). The molecule has 0 atom stereocenters. The van der Waals surface area contributed by atoms with Crippen LogP contribution in [0.4, 0.5) is 0 Å². The largest absolute Gasteiger partial charge is 0.504 e. The Bertz CT molecular complexity index is 583. The Balaban J connectivity index is 3.29. The van der Waals surface area contributed by atoms with Crippen molar-refractivity contribution in [2.45, 2.75) is 118 Å². The van der Waals surface area contributed by atoms with Crippen LogP contribution < -0.4 is 9.47 Å². The van der Waals surface area contributed by atoms with Gasteiger partial charge in [0, 0.05) is 11.1 Å². The molecule has 1 aromatic carbocycles. The molecule has 4 nitrogen and oxygen atoms in total. The zero-order valence-corrected chi connectivity index (χ0v) is 20.0. The van der Waals surface area contributed by atoms with E-state index in [0.29, 0.717) is 24.7 Å². The first kappa shape index (κ1) is 26.5. The van der Waals surface area contributed by atoms with Crippen molar-refractivity contribution in [2.24, 2.45) is 0 Å². The van der Waals surface area contributed by atoms with E-state index in [0.717, 1.165) is 75.3 Å². The minimum absolute atomic E-state index is 0.00803. The average Bonchev–Trinajstić information content (AvgIpc) is 2.75. The third kappa shape index (κ3) is 8.65. The van der Waals surface area contributed by atoms with Gasteiger partial charge in [-0.25, -0.2) is 0 Å². The number of ether oxygens (including phenoxy) is 2. The van der Waals surface area contributed by atoms with Crippen molar-refractivity contribution in [1.29, 1.82) is 0 Å². The minimum Gasteiger partial charge on any atom is -0.504 e. The highest BCUT2D eigenvalue weighted by Crippen LogP contribution is 2.50. The summed E-state index contributed by atoms with van der Waals surface area (Å²) >= 11 is 0. The molecule has 0 spiro atoms. The third-order valence-electron chi connectivity index (χ3n) is 5.62. The fourth-order valence-electron chi connectivity index (χ4n) is 3.69. The fraction of sp³-hybridized carbons (Fsp3) is 0.769. The molecule has 0 aliphatic carbocycles. The van der Waals surface area contributed by atoms with Crippen molar-refractivity contribution in [1.82, 2.24) is 0 Å². The lowest BCUT2D eigenvalue weighted by Gasteiger charge is -2.22. The lowest BCUT2D eigenvalue weighted by Crippen LogP contribution is -2.08. The zero-order valence-electron chi connectivity index (χ0n) is 20.0. The van der Waals surface area contributed by atoms with Gasteiger partial charge in [-0.15, -0.1) is 0 Å². The SMILES string of the molecule is CCCCCCc1c(O)c(O)c(OCCCC)c(OCCCC)c1CCCCCC. The van der Waals surface area contributed by atoms with E-state index < -0.39 is 0 Å². The normalized spacial score (nSPS) is 11.1. The highest BCUT2D eigenvalue weighted by molar-refractivity contribution is 5.66. The number of aromatic hydroxyl groups is 2. The van der Waals surface area contributed by atoms with Crippen molar-refractivity contribution in [3.05, 3.63) is 11.1 Å². The van der Waals surface area contributed by atoms with Gasteiger partial charge in [-0.2, -0.15) is 0 Å². The van der Waals surface area contributed by atoms with Crippen molar-refractivity contribution >= 4 is 0 Å². The van der Waals surface area contributed by atoms with Crippen molar-refractivity contribution in [3.63, 3.8) is 0 Å². The molecule has 0 unspecified atom stereocenters. The minimum atomic E-state index is -0.152. The van der Waals surface area contributed by atoms with Crippen LogP contribution in [-0.4, -0.2) is 23.4 Å². The number of hydrogen-bond donors (Lipinski definition) is 2. The molecule has 174 valence electrons. The Kier molecular flexibility index (Phi) is 14.2. The highest BCUT2D eigenvalue weighted by Gasteiger charge is 2.25. The van der Waals surface area contributed by atoms with Gasteiger partial charge in [-0.05, 0) is 38.5 Å².